The smallest absolute Gasteiger partial charge is 0.187 e. The van der Waals surface area contributed by atoms with Crippen molar-refractivity contribution in [3.63, 3.8) is 0 Å². The first kappa shape index (κ1) is 16.4. The zero-order chi connectivity index (χ0) is 16.9. The highest BCUT2D eigenvalue weighted by atomic mass is 32.2. The second-order valence-corrected chi connectivity index (χ2v) is 6.45. The molecule has 0 unspecified atom stereocenters. The first-order valence-corrected chi connectivity index (χ1v) is 8.58. The fourth-order valence-corrected chi connectivity index (χ4v) is 3.31. The van der Waals surface area contributed by atoms with Crippen molar-refractivity contribution >= 4 is 28.9 Å². The maximum absolute atomic E-state index is 11.4. The van der Waals surface area contributed by atoms with Crippen molar-refractivity contribution in [1.82, 2.24) is 25.0 Å². The van der Waals surface area contributed by atoms with Gasteiger partial charge in [-0.25, -0.2) is 9.97 Å². The molecule has 24 heavy (non-hydrogen) atoms. The van der Waals surface area contributed by atoms with Crippen molar-refractivity contribution in [1.29, 1.82) is 0 Å². The van der Waals surface area contributed by atoms with E-state index in [1.807, 2.05) is 37.3 Å². The van der Waals surface area contributed by atoms with Gasteiger partial charge in [-0.15, -0.1) is 5.10 Å². The number of hydrogen-bond donors (Lipinski definition) is 0. The molecule has 2 heterocycles. The average Bonchev–Trinajstić information content (AvgIpc) is 3.04. The van der Waals surface area contributed by atoms with Crippen LogP contribution < -0.4 is 5.11 Å². The summed E-state index contributed by atoms with van der Waals surface area (Å²) in [6.07, 6.45) is 3.67. The summed E-state index contributed by atoms with van der Waals surface area (Å²) < 4.78 is 1.61. The van der Waals surface area contributed by atoms with E-state index in [4.69, 9.17) is 0 Å². The minimum Gasteiger partial charge on any atom is -0.549 e. The molecule has 0 amide bonds. The van der Waals surface area contributed by atoms with Crippen molar-refractivity contribution in [3.05, 3.63) is 36.7 Å². The predicted octanol–water partition coefficient (Wildman–Crippen LogP) is 1.61. The molecule has 0 spiro atoms. The number of aliphatic carboxylic acids is 1. The minimum absolute atomic E-state index is 0.495. The fraction of sp³-hybridized carbons (Fsp3) is 0.312. The summed E-state index contributed by atoms with van der Waals surface area (Å²) in [6, 6.07) is 9.51. The quantitative estimate of drug-likeness (QED) is 0.475. The number of rotatable bonds is 7. The van der Waals surface area contributed by atoms with E-state index in [1.54, 1.807) is 4.68 Å². The number of aromatic nitrogens is 5. The lowest BCUT2D eigenvalue weighted by molar-refractivity contribution is -0.304. The van der Waals surface area contributed by atoms with Gasteiger partial charge in [-0.1, -0.05) is 54.9 Å². The number of carboxylic acids is 1. The van der Waals surface area contributed by atoms with Gasteiger partial charge < -0.3 is 9.90 Å². The van der Waals surface area contributed by atoms with E-state index in [-0.39, 0.29) is 0 Å². The summed E-state index contributed by atoms with van der Waals surface area (Å²) >= 11 is 1.15. The van der Waals surface area contributed by atoms with Crippen LogP contribution in [0, 0.1) is 0 Å². The molecule has 0 saturated carbocycles. The van der Waals surface area contributed by atoms with Gasteiger partial charge in [0.2, 0.25) is 0 Å². The van der Waals surface area contributed by atoms with E-state index in [9.17, 15) is 9.90 Å². The van der Waals surface area contributed by atoms with E-state index in [0.29, 0.717) is 22.6 Å². The normalized spacial score (nSPS) is 12.4. The standard InChI is InChI=1S/C16H17N5O2S/c1-2-3-9-12(16(22)23)24-15-13-14(17-10-18-15)21(20-19-13)11-7-5-4-6-8-11/h4-8,10,12H,2-3,9H2,1H3,(H,22,23)/p-1/t12-/m0/s1. The lowest BCUT2D eigenvalue weighted by atomic mass is 10.2. The summed E-state index contributed by atoms with van der Waals surface area (Å²) in [7, 11) is 0. The minimum atomic E-state index is -1.09. The van der Waals surface area contributed by atoms with Crippen molar-refractivity contribution in [2.24, 2.45) is 0 Å². The lowest BCUT2D eigenvalue weighted by Crippen LogP contribution is -2.33. The van der Waals surface area contributed by atoms with Gasteiger partial charge in [0.05, 0.1) is 16.9 Å². The number of carbonyl (C=O) groups excluding carboxylic acids is 1. The maximum Gasteiger partial charge on any atom is 0.187 e. The van der Waals surface area contributed by atoms with E-state index in [2.05, 4.69) is 20.3 Å². The van der Waals surface area contributed by atoms with Gasteiger partial charge in [0.25, 0.3) is 0 Å². The molecule has 124 valence electrons. The van der Waals surface area contributed by atoms with Crippen LogP contribution in [0.15, 0.2) is 41.7 Å². The van der Waals surface area contributed by atoms with E-state index in [0.717, 1.165) is 30.3 Å². The van der Waals surface area contributed by atoms with E-state index in [1.165, 1.54) is 6.33 Å². The Balaban J connectivity index is 1.95. The third-order valence-electron chi connectivity index (χ3n) is 3.54. The van der Waals surface area contributed by atoms with Crippen LogP contribution in [0.1, 0.15) is 26.2 Å². The Morgan fingerprint density at radius 1 is 1.29 bits per heavy atom. The average molecular weight is 342 g/mol. The first-order chi connectivity index (χ1) is 11.7. The summed E-state index contributed by atoms with van der Waals surface area (Å²) in [5, 5.41) is 19.5. The predicted molar refractivity (Wildman–Crippen MR) is 88.6 cm³/mol. The van der Waals surface area contributed by atoms with Crippen molar-refractivity contribution < 1.29 is 9.90 Å². The number of fused-ring (bicyclic) bond motifs is 1. The van der Waals surface area contributed by atoms with Gasteiger partial charge in [-0.3, -0.25) is 0 Å². The number of para-hydroxylation sites is 1. The van der Waals surface area contributed by atoms with Gasteiger partial charge in [0.15, 0.2) is 11.2 Å². The largest absolute Gasteiger partial charge is 0.549 e. The highest BCUT2D eigenvalue weighted by molar-refractivity contribution is 8.00. The zero-order valence-electron chi connectivity index (χ0n) is 13.1. The Labute approximate surface area is 143 Å². The van der Waals surface area contributed by atoms with E-state index < -0.39 is 11.2 Å². The van der Waals surface area contributed by atoms with Crippen LogP contribution in [0.4, 0.5) is 0 Å². The van der Waals surface area contributed by atoms with Gasteiger partial charge >= 0.3 is 0 Å². The lowest BCUT2D eigenvalue weighted by Gasteiger charge is -2.16. The molecule has 0 aliphatic carbocycles. The van der Waals surface area contributed by atoms with Gasteiger partial charge in [-0.05, 0) is 18.6 Å². The highest BCUT2D eigenvalue weighted by Crippen LogP contribution is 2.29. The van der Waals surface area contributed by atoms with Crippen LogP contribution in [0.25, 0.3) is 16.9 Å². The molecule has 0 N–H and O–H groups in total. The third-order valence-corrected chi connectivity index (χ3v) is 4.78. The molecule has 7 nitrogen and oxygen atoms in total. The molecule has 0 aliphatic heterocycles. The molecule has 8 heteroatoms. The summed E-state index contributed by atoms with van der Waals surface area (Å²) in [5.41, 5.74) is 1.87. The Morgan fingerprint density at radius 2 is 2.08 bits per heavy atom. The second-order valence-electron chi connectivity index (χ2n) is 5.26. The molecule has 0 aliphatic rings. The van der Waals surface area contributed by atoms with Crippen LogP contribution in [0.5, 0.6) is 0 Å². The molecular formula is C16H16N5O2S-. The fourth-order valence-electron chi connectivity index (χ4n) is 2.31. The summed E-state index contributed by atoms with van der Waals surface area (Å²) in [4.78, 5) is 19.8. The summed E-state index contributed by atoms with van der Waals surface area (Å²) in [5.74, 6) is -1.09. The van der Waals surface area contributed by atoms with Crippen molar-refractivity contribution in [2.75, 3.05) is 0 Å². The van der Waals surface area contributed by atoms with Crippen molar-refractivity contribution in [3.8, 4) is 5.69 Å². The molecule has 2 aromatic heterocycles. The number of thioether (sulfide) groups is 1. The van der Waals surface area contributed by atoms with Crippen LogP contribution in [0.3, 0.4) is 0 Å². The maximum atomic E-state index is 11.4. The number of carbonyl (C=O) groups is 1. The molecule has 0 saturated heterocycles. The molecule has 1 aromatic carbocycles. The summed E-state index contributed by atoms with van der Waals surface area (Å²) in [6.45, 7) is 2.02. The van der Waals surface area contributed by atoms with Crippen LogP contribution >= 0.6 is 11.8 Å². The second kappa shape index (κ2) is 7.39. The number of carboxylic acid groups (broad SMARTS) is 1. The Kier molecular flexibility index (Phi) is 5.05. The van der Waals surface area contributed by atoms with E-state index >= 15 is 0 Å². The number of unbranched alkanes of at least 4 members (excludes halogenated alkanes) is 1. The number of hydrogen-bond acceptors (Lipinski definition) is 7. The number of benzene rings is 1. The SMILES string of the molecule is CCCC[C@H](Sc1ncnc2c1nnn2-c1ccccc1)C(=O)[O-]. The van der Waals surface area contributed by atoms with Crippen LogP contribution in [-0.2, 0) is 4.79 Å². The zero-order valence-corrected chi connectivity index (χ0v) is 13.9. The molecular weight excluding hydrogens is 326 g/mol. The highest BCUT2D eigenvalue weighted by Gasteiger charge is 2.18. The first-order valence-electron chi connectivity index (χ1n) is 7.70. The van der Waals surface area contributed by atoms with Crippen LogP contribution in [0.2, 0.25) is 0 Å². The van der Waals surface area contributed by atoms with Gasteiger partial charge in [0, 0.05) is 0 Å². The molecule has 3 aromatic rings. The monoisotopic (exact) mass is 342 g/mol. The molecule has 3 rings (SSSR count). The molecule has 0 fully saturated rings. The molecule has 0 bridgehead atoms. The number of nitrogens with zero attached hydrogens (tertiary/aromatic N) is 5. The molecule has 0 radical (unpaired) electrons. The third kappa shape index (κ3) is 3.38. The van der Waals surface area contributed by atoms with Gasteiger partial charge in [-0.2, -0.15) is 4.68 Å². The van der Waals surface area contributed by atoms with Crippen molar-refractivity contribution in [2.45, 2.75) is 36.5 Å². The van der Waals surface area contributed by atoms with Gasteiger partial charge in [0.1, 0.15) is 11.4 Å². The van der Waals surface area contributed by atoms with Crippen LogP contribution in [-0.4, -0.2) is 36.2 Å². The Morgan fingerprint density at radius 3 is 2.79 bits per heavy atom. The Bertz CT molecular complexity index is 837. The molecule has 1 atom stereocenters. The Hall–Kier alpha value is -2.48. The topological polar surface area (TPSA) is 96.6 Å².